The van der Waals surface area contributed by atoms with Crippen molar-refractivity contribution in [3.63, 3.8) is 0 Å². The molecule has 6 nitrogen and oxygen atoms in total. The maximum atomic E-state index is 12.7. The maximum Gasteiger partial charge on any atom is 0.255 e. The first-order valence-corrected chi connectivity index (χ1v) is 9.94. The third kappa shape index (κ3) is 4.87. The first-order valence-electron chi connectivity index (χ1n) is 9.94. The molecule has 0 atom stereocenters. The highest BCUT2D eigenvalue weighted by Gasteiger charge is 2.11. The molecule has 0 fully saturated rings. The lowest BCUT2D eigenvalue weighted by atomic mass is 10.1. The van der Waals surface area contributed by atoms with Crippen LogP contribution in [0.4, 0.5) is 5.69 Å². The number of amides is 2. The number of nitrogens with one attached hydrogen (secondary N) is 2. The van der Waals surface area contributed by atoms with Crippen LogP contribution in [0.2, 0.25) is 0 Å². The zero-order chi connectivity index (χ0) is 21.6. The minimum Gasteiger partial charge on any atom is -0.348 e. The Hall–Kier alpha value is -4.19. The molecule has 31 heavy (non-hydrogen) atoms. The molecule has 0 saturated heterocycles. The van der Waals surface area contributed by atoms with Gasteiger partial charge in [0.2, 0.25) is 0 Å². The minimum absolute atomic E-state index is 0.202. The summed E-state index contributed by atoms with van der Waals surface area (Å²) in [5, 5.41) is 10.0. The van der Waals surface area contributed by atoms with Gasteiger partial charge in [-0.05, 0) is 60.5 Å². The summed E-state index contributed by atoms with van der Waals surface area (Å²) in [6, 6.07) is 24.0. The maximum absolute atomic E-state index is 12.7. The summed E-state index contributed by atoms with van der Waals surface area (Å²) in [5.41, 5.74) is 4.49. The Bertz CT molecular complexity index is 1180. The first kappa shape index (κ1) is 20.1. The van der Waals surface area contributed by atoms with Gasteiger partial charge in [0, 0.05) is 35.8 Å². The van der Waals surface area contributed by atoms with Crippen molar-refractivity contribution in [1.82, 2.24) is 15.1 Å². The Morgan fingerprint density at radius 2 is 1.65 bits per heavy atom. The number of benzene rings is 3. The van der Waals surface area contributed by atoms with E-state index in [0.717, 1.165) is 16.8 Å². The number of aryl methyl sites for hydroxylation is 1. The van der Waals surface area contributed by atoms with E-state index in [9.17, 15) is 9.59 Å². The van der Waals surface area contributed by atoms with Gasteiger partial charge in [-0.1, -0.05) is 36.4 Å². The van der Waals surface area contributed by atoms with Gasteiger partial charge < -0.3 is 10.6 Å². The van der Waals surface area contributed by atoms with Crippen molar-refractivity contribution in [1.29, 1.82) is 0 Å². The fourth-order valence-electron chi connectivity index (χ4n) is 3.15. The predicted molar refractivity (Wildman–Crippen MR) is 120 cm³/mol. The molecule has 4 rings (SSSR count). The molecule has 1 aromatic heterocycles. The number of carbonyl (C=O) groups excluding carboxylic acids is 2. The summed E-state index contributed by atoms with van der Waals surface area (Å²) in [6.45, 7) is 2.29. The van der Waals surface area contributed by atoms with Crippen LogP contribution in [-0.2, 0) is 6.54 Å². The summed E-state index contributed by atoms with van der Waals surface area (Å²) in [4.78, 5) is 25.1. The van der Waals surface area contributed by atoms with E-state index in [2.05, 4.69) is 15.7 Å². The minimum atomic E-state index is -0.210. The average Bonchev–Trinajstić information content (AvgIpc) is 3.35. The van der Waals surface area contributed by atoms with E-state index in [-0.39, 0.29) is 11.8 Å². The quantitative estimate of drug-likeness (QED) is 0.496. The van der Waals surface area contributed by atoms with Crippen molar-refractivity contribution in [2.24, 2.45) is 0 Å². The van der Waals surface area contributed by atoms with Gasteiger partial charge in [0.15, 0.2) is 0 Å². The molecule has 6 heteroatoms. The summed E-state index contributed by atoms with van der Waals surface area (Å²) in [7, 11) is 0. The second kappa shape index (κ2) is 9.09. The Kier molecular flexibility index (Phi) is 5.89. The van der Waals surface area contributed by atoms with Crippen LogP contribution in [0.1, 0.15) is 31.8 Å². The molecule has 0 spiro atoms. The van der Waals surface area contributed by atoms with Crippen LogP contribution in [0.5, 0.6) is 0 Å². The van der Waals surface area contributed by atoms with Crippen molar-refractivity contribution < 1.29 is 9.59 Å². The molecular weight excluding hydrogens is 388 g/mol. The highest BCUT2D eigenvalue weighted by atomic mass is 16.2. The van der Waals surface area contributed by atoms with Gasteiger partial charge in [-0.15, -0.1) is 0 Å². The number of aromatic nitrogens is 2. The van der Waals surface area contributed by atoms with Crippen molar-refractivity contribution in [2.45, 2.75) is 13.5 Å². The molecule has 3 aromatic carbocycles. The van der Waals surface area contributed by atoms with E-state index >= 15 is 0 Å². The highest BCUT2D eigenvalue weighted by Crippen LogP contribution is 2.18. The number of nitrogens with zero attached hydrogens (tertiary/aromatic N) is 2. The lowest BCUT2D eigenvalue weighted by Crippen LogP contribution is -2.23. The second-order valence-electron chi connectivity index (χ2n) is 7.15. The van der Waals surface area contributed by atoms with Crippen molar-refractivity contribution in [3.05, 3.63) is 114 Å². The average molecular weight is 410 g/mol. The monoisotopic (exact) mass is 410 g/mol. The number of hydrogen-bond acceptors (Lipinski definition) is 3. The smallest absolute Gasteiger partial charge is 0.255 e. The largest absolute Gasteiger partial charge is 0.348 e. The molecule has 0 radical (unpaired) electrons. The molecule has 0 bridgehead atoms. The first-order chi connectivity index (χ1) is 15.1. The number of carbonyl (C=O) groups is 2. The van der Waals surface area contributed by atoms with E-state index in [1.54, 1.807) is 35.1 Å². The van der Waals surface area contributed by atoms with Gasteiger partial charge in [-0.2, -0.15) is 5.10 Å². The predicted octanol–water partition coefficient (Wildman–Crippen LogP) is 4.36. The van der Waals surface area contributed by atoms with Gasteiger partial charge in [-0.3, -0.25) is 9.59 Å². The third-order valence-electron chi connectivity index (χ3n) is 4.94. The van der Waals surface area contributed by atoms with Crippen LogP contribution in [0, 0.1) is 6.92 Å². The Morgan fingerprint density at radius 3 is 2.35 bits per heavy atom. The normalized spacial score (nSPS) is 10.5. The molecule has 0 aliphatic carbocycles. The summed E-state index contributed by atoms with van der Waals surface area (Å²) < 4.78 is 1.78. The van der Waals surface area contributed by atoms with Crippen LogP contribution in [-0.4, -0.2) is 21.6 Å². The topological polar surface area (TPSA) is 76.0 Å². The fourth-order valence-corrected chi connectivity index (χ4v) is 3.15. The highest BCUT2D eigenvalue weighted by molar-refractivity contribution is 6.05. The molecule has 0 saturated carbocycles. The standard InChI is InChI=1S/C25H22N4O2/c1-18-8-11-21(16-23(18)28-25(31)20-6-3-2-4-7-20)24(30)26-17-19-9-12-22(13-10-19)29-15-5-14-27-29/h2-16H,17H2,1H3,(H,26,30)(H,28,31). The van der Waals surface area contributed by atoms with Crippen LogP contribution >= 0.6 is 0 Å². The Labute approximate surface area is 180 Å². The SMILES string of the molecule is Cc1ccc(C(=O)NCc2ccc(-n3cccn3)cc2)cc1NC(=O)c1ccccc1. The van der Waals surface area contributed by atoms with Gasteiger partial charge in [0.1, 0.15) is 0 Å². The Balaban J connectivity index is 1.40. The number of anilines is 1. The summed E-state index contributed by atoms with van der Waals surface area (Å²) in [5.74, 6) is -0.412. The fraction of sp³-hybridized carbons (Fsp3) is 0.0800. The van der Waals surface area contributed by atoms with Crippen molar-refractivity contribution >= 4 is 17.5 Å². The number of hydrogen-bond donors (Lipinski definition) is 2. The summed E-state index contributed by atoms with van der Waals surface area (Å²) in [6.07, 6.45) is 3.61. The zero-order valence-corrected chi connectivity index (χ0v) is 17.1. The third-order valence-corrected chi connectivity index (χ3v) is 4.94. The zero-order valence-electron chi connectivity index (χ0n) is 17.1. The van der Waals surface area contributed by atoms with Crippen LogP contribution < -0.4 is 10.6 Å². The van der Waals surface area contributed by atoms with Gasteiger partial charge in [0.25, 0.3) is 11.8 Å². The van der Waals surface area contributed by atoms with Crippen molar-refractivity contribution in [3.8, 4) is 5.69 Å². The molecular formula is C25H22N4O2. The number of rotatable bonds is 6. The van der Waals surface area contributed by atoms with E-state index in [1.165, 1.54) is 0 Å². The molecule has 4 aromatic rings. The molecule has 154 valence electrons. The van der Waals surface area contributed by atoms with E-state index in [1.807, 2.05) is 67.7 Å². The van der Waals surface area contributed by atoms with E-state index in [0.29, 0.717) is 23.4 Å². The Morgan fingerprint density at radius 1 is 0.871 bits per heavy atom. The van der Waals surface area contributed by atoms with Crippen molar-refractivity contribution in [2.75, 3.05) is 5.32 Å². The molecule has 0 aliphatic heterocycles. The molecule has 1 heterocycles. The molecule has 2 amide bonds. The van der Waals surface area contributed by atoms with E-state index < -0.39 is 0 Å². The van der Waals surface area contributed by atoms with Gasteiger partial charge in [-0.25, -0.2) is 4.68 Å². The van der Waals surface area contributed by atoms with Crippen LogP contribution in [0.3, 0.4) is 0 Å². The summed E-state index contributed by atoms with van der Waals surface area (Å²) >= 11 is 0. The van der Waals surface area contributed by atoms with Gasteiger partial charge in [0.05, 0.1) is 5.69 Å². The lowest BCUT2D eigenvalue weighted by molar-refractivity contribution is 0.0949. The van der Waals surface area contributed by atoms with Crippen LogP contribution in [0.15, 0.2) is 91.3 Å². The molecule has 2 N–H and O–H groups in total. The van der Waals surface area contributed by atoms with E-state index in [4.69, 9.17) is 0 Å². The molecule has 0 unspecified atom stereocenters. The second-order valence-corrected chi connectivity index (χ2v) is 7.15. The van der Waals surface area contributed by atoms with Gasteiger partial charge >= 0.3 is 0 Å². The van der Waals surface area contributed by atoms with Crippen LogP contribution in [0.25, 0.3) is 5.69 Å². The lowest BCUT2D eigenvalue weighted by Gasteiger charge is -2.11. The molecule has 0 aliphatic rings.